The SMILES string of the molecule is CSCC(CO)CNCc1c[nH]c2cncnc12. The van der Waals surface area contributed by atoms with E-state index in [1.54, 1.807) is 24.3 Å². The zero-order valence-corrected chi connectivity index (χ0v) is 11.2. The summed E-state index contributed by atoms with van der Waals surface area (Å²) < 4.78 is 0. The third-order valence-corrected chi connectivity index (χ3v) is 3.63. The molecule has 3 N–H and O–H groups in total. The molecule has 1 atom stereocenters. The van der Waals surface area contributed by atoms with E-state index in [0.29, 0.717) is 5.92 Å². The number of H-pyrrole nitrogens is 1. The minimum atomic E-state index is 0.226. The third kappa shape index (κ3) is 3.22. The summed E-state index contributed by atoms with van der Waals surface area (Å²) >= 11 is 1.76. The van der Waals surface area contributed by atoms with Crippen LogP contribution in [0.5, 0.6) is 0 Å². The van der Waals surface area contributed by atoms with Gasteiger partial charge in [0.15, 0.2) is 0 Å². The first-order valence-corrected chi connectivity index (χ1v) is 7.31. The molecule has 0 radical (unpaired) electrons. The van der Waals surface area contributed by atoms with Crippen LogP contribution in [0.25, 0.3) is 11.0 Å². The molecule has 1 unspecified atom stereocenters. The second-order valence-electron chi connectivity index (χ2n) is 4.23. The zero-order chi connectivity index (χ0) is 12.8. The first-order chi connectivity index (χ1) is 8.85. The highest BCUT2D eigenvalue weighted by atomic mass is 32.2. The van der Waals surface area contributed by atoms with Crippen molar-refractivity contribution in [3.63, 3.8) is 0 Å². The summed E-state index contributed by atoms with van der Waals surface area (Å²) in [5, 5.41) is 12.6. The van der Waals surface area contributed by atoms with E-state index in [2.05, 4.69) is 26.5 Å². The predicted molar refractivity (Wildman–Crippen MR) is 74.6 cm³/mol. The topological polar surface area (TPSA) is 73.8 Å². The number of thioether (sulfide) groups is 1. The molecular formula is C12H18N4OS. The molecule has 2 aromatic rings. The fraction of sp³-hybridized carbons (Fsp3) is 0.500. The first-order valence-electron chi connectivity index (χ1n) is 5.91. The molecule has 0 saturated carbocycles. The van der Waals surface area contributed by atoms with Crippen molar-refractivity contribution in [3.8, 4) is 0 Å². The van der Waals surface area contributed by atoms with Crippen molar-refractivity contribution in [2.24, 2.45) is 5.92 Å². The van der Waals surface area contributed by atoms with Gasteiger partial charge in [-0.15, -0.1) is 0 Å². The highest BCUT2D eigenvalue weighted by Crippen LogP contribution is 2.13. The van der Waals surface area contributed by atoms with Crippen molar-refractivity contribution in [1.82, 2.24) is 20.3 Å². The molecule has 5 nitrogen and oxygen atoms in total. The quantitative estimate of drug-likeness (QED) is 0.698. The number of rotatable bonds is 7. The van der Waals surface area contributed by atoms with E-state index in [-0.39, 0.29) is 6.61 Å². The summed E-state index contributed by atoms with van der Waals surface area (Å²) in [6, 6.07) is 0. The van der Waals surface area contributed by atoms with Gasteiger partial charge < -0.3 is 15.4 Å². The average molecular weight is 266 g/mol. The number of aliphatic hydroxyl groups excluding tert-OH is 1. The van der Waals surface area contributed by atoms with Crippen LogP contribution in [0.15, 0.2) is 18.7 Å². The molecule has 18 heavy (non-hydrogen) atoms. The fourth-order valence-corrected chi connectivity index (χ4v) is 2.58. The molecule has 2 aromatic heterocycles. The van der Waals surface area contributed by atoms with Crippen LogP contribution in [0.3, 0.4) is 0 Å². The second kappa shape index (κ2) is 6.72. The van der Waals surface area contributed by atoms with E-state index in [0.717, 1.165) is 35.4 Å². The van der Waals surface area contributed by atoms with Gasteiger partial charge in [-0.05, 0) is 12.0 Å². The van der Waals surface area contributed by atoms with Crippen molar-refractivity contribution < 1.29 is 5.11 Å². The standard InChI is InChI=1S/C12H18N4OS/c1-18-7-9(6-17)2-13-3-10-4-15-11-5-14-8-16-12(10)11/h4-5,8-9,13,15,17H,2-3,6-7H2,1H3. The van der Waals surface area contributed by atoms with Gasteiger partial charge in [-0.2, -0.15) is 11.8 Å². The van der Waals surface area contributed by atoms with Crippen LogP contribution in [-0.2, 0) is 6.54 Å². The number of nitrogens with one attached hydrogen (secondary N) is 2. The Labute approximate surface area is 110 Å². The zero-order valence-electron chi connectivity index (χ0n) is 10.4. The predicted octanol–water partition coefficient (Wildman–Crippen LogP) is 1.02. The minimum Gasteiger partial charge on any atom is -0.396 e. The van der Waals surface area contributed by atoms with E-state index in [9.17, 15) is 5.11 Å². The van der Waals surface area contributed by atoms with E-state index < -0.39 is 0 Å². The lowest BCUT2D eigenvalue weighted by atomic mass is 10.2. The van der Waals surface area contributed by atoms with Crippen molar-refractivity contribution in [2.45, 2.75) is 6.54 Å². The Morgan fingerprint density at radius 2 is 2.44 bits per heavy atom. The van der Waals surface area contributed by atoms with Crippen molar-refractivity contribution in [1.29, 1.82) is 0 Å². The lowest BCUT2D eigenvalue weighted by molar-refractivity contribution is 0.236. The molecule has 6 heteroatoms. The number of aromatic amines is 1. The summed E-state index contributed by atoms with van der Waals surface area (Å²) in [5.74, 6) is 1.28. The summed E-state index contributed by atoms with van der Waals surface area (Å²) in [6.45, 7) is 1.79. The third-order valence-electron chi connectivity index (χ3n) is 2.83. The Morgan fingerprint density at radius 3 is 3.22 bits per heavy atom. The summed E-state index contributed by atoms with van der Waals surface area (Å²) in [6.07, 6.45) is 7.34. The smallest absolute Gasteiger partial charge is 0.116 e. The Bertz CT molecular complexity index is 488. The van der Waals surface area contributed by atoms with E-state index in [1.807, 2.05) is 6.20 Å². The maximum Gasteiger partial charge on any atom is 0.116 e. The molecule has 2 rings (SSSR count). The molecule has 0 spiro atoms. The molecule has 98 valence electrons. The Hall–Kier alpha value is -1.11. The number of nitrogens with zero attached hydrogens (tertiary/aromatic N) is 2. The van der Waals surface area contributed by atoms with Crippen LogP contribution < -0.4 is 5.32 Å². The number of hydrogen-bond acceptors (Lipinski definition) is 5. The summed E-state index contributed by atoms with van der Waals surface area (Å²) in [5.41, 5.74) is 3.05. The average Bonchev–Trinajstić information content (AvgIpc) is 2.81. The van der Waals surface area contributed by atoms with Crippen LogP contribution in [-0.4, -0.2) is 45.2 Å². The largest absolute Gasteiger partial charge is 0.396 e. The Morgan fingerprint density at radius 1 is 1.56 bits per heavy atom. The highest BCUT2D eigenvalue weighted by Gasteiger charge is 2.08. The van der Waals surface area contributed by atoms with Crippen LogP contribution in [0.2, 0.25) is 0 Å². The van der Waals surface area contributed by atoms with Gasteiger partial charge in [0.05, 0.1) is 17.2 Å². The van der Waals surface area contributed by atoms with Crippen LogP contribution in [0, 0.1) is 5.92 Å². The van der Waals surface area contributed by atoms with Crippen molar-refractivity contribution in [3.05, 3.63) is 24.3 Å². The van der Waals surface area contributed by atoms with Gasteiger partial charge in [0, 0.05) is 37.4 Å². The van der Waals surface area contributed by atoms with Gasteiger partial charge in [-0.25, -0.2) is 9.97 Å². The lowest BCUT2D eigenvalue weighted by Crippen LogP contribution is -2.26. The number of aliphatic hydroxyl groups is 1. The van der Waals surface area contributed by atoms with Crippen LogP contribution in [0.1, 0.15) is 5.56 Å². The second-order valence-corrected chi connectivity index (χ2v) is 5.14. The molecule has 0 bridgehead atoms. The molecule has 0 aromatic carbocycles. The van der Waals surface area contributed by atoms with E-state index in [1.165, 1.54) is 0 Å². The van der Waals surface area contributed by atoms with E-state index >= 15 is 0 Å². The normalized spacial score (nSPS) is 13.0. The number of hydrogen-bond donors (Lipinski definition) is 3. The van der Waals surface area contributed by atoms with Gasteiger partial charge in [-0.1, -0.05) is 0 Å². The number of aromatic nitrogens is 3. The van der Waals surface area contributed by atoms with Gasteiger partial charge >= 0.3 is 0 Å². The molecule has 0 aliphatic heterocycles. The molecule has 0 aliphatic rings. The summed E-state index contributed by atoms with van der Waals surface area (Å²) in [7, 11) is 0. The maximum atomic E-state index is 9.21. The fourth-order valence-electron chi connectivity index (χ4n) is 1.88. The molecule has 0 fully saturated rings. The highest BCUT2D eigenvalue weighted by molar-refractivity contribution is 7.98. The van der Waals surface area contributed by atoms with Gasteiger partial charge in [0.25, 0.3) is 0 Å². The monoisotopic (exact) mass is 266 g/mol. The molecule has 0 aliphatic carbocycles. The van der Waals surface area contributed by atoms with Crippen molar-refractivity contribution >= 4 is 22.8 Å². The Kier molecular flexibility index (Phi) is 4.98. The van der Waals surface area contributed by atoms with Crippen molar-refractivity contribution in [2.75, 3.05) is 25.2 Å². The first kappa shape index (κ1) is 13.3. The molecule has 0 amide bonds. The molecule has 2 heterocycles. The summed E-state index contributed by atoms with van der Waals surface area (Å²) in [4.78, 5) is 11.4. The maximum absolute atomic E-state index is 9.21. The Balaban J connectivity index is 1.90. The van der Waals surface area contributed by atoms with Gasteiger partial charge in [-0.3, -0.25) is 0 Å². The van der Waals surface area contributed by atoms with Crippen LogP contribution >= 0.6 is 11.8 Å². The lowest BCUT2D eigenvalue weighted by Gasteiger charge is -2.13. The number of fused-ring (bicyclic) bond motifs is 1. The molecule has 0 saturated heterocycles. The minimum absolute atomic E-state index is 0.226. The molecular weight excluding hydrogens is 248 g/mol. The van der Waals surface area contributed by atoms with Gasteiger partial charge in [0.2, 0.25) is 0 Å². The van der Waals surface area contributed by atoms with Gasteiger partial charge in [0.1, 0.15) is 6.33 Å². The van der Waals surface area contributed by atoms with E-state index in [4.69, 9.17) is 0 Å². The van der Waals surface area contributed by atoms with Crippen LogP contribution in [0.4, 0.5) is 0 Å².